The van der Waals surface area contributed by atoms with Crippen molar-refractivity contribution < 1.29 is 9.84 Å². The third-order valence-electron chi connectivity index (χ3n) is 8.91. The Kier molecular flexibility index (Phi) is 2.91. The number of aliphatic hydroxyl groups excluding tert-OH is 1. The minimum Gasteiger partial charge on any atom is -0.497 e. The quantitative estimate of drug-likeness (QED) is 0.811. The molecule has 3 saturated carbocycles. The van der Waals surface area contributed by atoms with E-state index in [4.69, 9.17) is 4.74 Å². The van der Waals surface area contributed by atoms with E-state index in [1.807, 2.05) is 0 Å². The lowest BCUT2D eigenvalue weighted by Gasteiger charge is -2.59. The number of methoxy groups -OCH3 is 1. The van der Waals surface area contributed by atoms with Crippen molar-refractivity contribution in [2.24, 2.45) is 22.2 Å². The van der Waals surface area contributed by atoms with Crippen LogP contribution < -0.4 is 4.74 Å². The van der Waals surface area contributed by atoms with Gasteiger partial charge < -0.3 is 9.84 Å². The second-order valence-electron chi connectivity index (χ2n) is 9.66. The molecule has 0 aromatic heterocycles. The summed E-state index contributed by atoms with van der Waals surface area (Å²) in [7, 11) is 1.76. The number of benzene rings is 1. The molecular formula is C22H30O2. The molecule has 0 unspecified atom stereocenters. The van der Waals surface area contributed by atoms with Gasteiger partial charge in [0.05, 0.1) is 13.2 Å². The maximum atomic E-state index is 11.2. The topological polar surface area (TPSA) is 29.5 Å². The fourth-order valence-corrected chi connectivity index (χ4v) is 7.78. The summed E-state index contributed by atoms with van der Waals surface area (Å²) in [5.74, 6) is 2.45. The molecule has 0 amide bonds. The second-order valence-corrected chi connectivity index (χ2v) is 9.66. The van der Waals surface area contributed by atoms with Crippen LogP contribution in [-0.4, -0.2) is 18.3 Å². The van der Waals surface area contributed by atoms with Crippen LogP contribution in [0.25, 0.3) is 0 Å². The first-order valence-electron chi connectivity index (χ1n) is 9.78. The number of hydrogen-bond donors (Lipinski definition) is 1. The van der Waals surface area contributed by atoms with E-state index in [1.54, 1.807) is 12.7 Å². The van der Waals surface area contributed by atoms with Crippen LogP contribution in [0.3, 0.4) is 0 Å². The zero-order valence-corrected chi connectivity index (χ0v) is 15.3. The van der Waals surface area contributed by atoms with Gasteiger partial charge >= 0.3 is 0 Å². The molecule has 1 aromatic rings. The summed E-state index contributed by atoms with van der Waals surface area (Å²) >= 11 is 0. The fraction of sp³-hybridized carbons (Fsp3) is 0.727. The smallest absolute Gasteiger partial charge is 0.119 e. The Morgan fingerprint density at radius 3 is 2.75 bits per heavy atom. The number of rotatable bonds is 1. The van der Waals surface area contributed by atoms with Gasteiger partial charge in [-0.1, -0.05) is 19.9 Å². The van der Waals surface area contributed by atoms with Gasteiger partial charge in [-0.15, -0.1) is 0 Å². The molecule has 1 spiro atoms. The minimum absolute atomic E-state index is 0.100. The van der Waals surface area contributed by atoms with E-state index in [0.29, 0.717) is 11.3 Å². The first-order chi connectivity index (χ1) is 11.4. The van der Waals surface area contributed by atoms with Crippen molar-refractivity contribution in [3.63, 3.8) is 0 Å². The zero-order chi connectivity index (χ0) is 16.7. The number of aryl methyl sites for hydroxylation is 1. The predicted molar refractivity (Wildman–Crippen MR) is 95.3 cm³/mol. The molecule has 6 atom stereocenters. The van der Waals surface area contributed by atoms with Crippen LogP contribution in [0.4, 0.5) is 0 Å². The highest BCUT2D eigenvalue weighted by atomic mass is 16.5. The molecule has 0 radical (unpaired) electrons. The summed E-state index contributed by atoms with van der Waals surface area (Å²) in [5, 5.41) is 11.2. The number of fused-ring (bicyclic) bond motifs is 4. The molecule has 130 valence electrons. The highest BCUT2D eigenvalue weighted by Crippen LogP contribution is 2.78. The molecule has 5 rings (SSSR count). The average Bonchev–Trinajstić information content (AvgIpc) is 3.04. The molecule has 24 heavy (non-hydrogen) atoms. The van der Waals surface area contributed by atoms with E-state index < -0.39 is 0 Å². The monoisotopic (exact) mass is 326 g/mol. The van der Waals surface area contributed by atoms with Gasteiger partial charge in [0.15, 0.2) is 0 Å². The maximum absolute atomic E-state index is 11.2. The molecule has 2 nitrogen and oxygen atoms in total. The highest BCUT2D eigenvalue weighted by molar-refractivity contribution is 5.42. The third kappa shape index (κ3) is 1.57. The molecule has 0 aliphatic heterocycles. The van der Waals surface area contributed by atoms with Crippen molar-refractivity contribution in [2.45, 2.75) is 70.8 Å². The predicted octanol–water partition coefficient (Wildman–Crippen LogP) is 4.69. The Hall–Kier alpha value is -1.02. The van der Waals surface area contributed by atoms with Crippen LogP contribution in [0.15, 0.2) is 18.2 Å². The standard InChI is InChI=1S/C22H30O2/c1-20-10-11-22(13-20)18-7-4-14-12-15(24-3)5-6-16(14)17(18)8-9-21(22,2)19(20)23/h5-6,12,17-19,23H,4,7-11,13H2,1-3H3/t17-,18-,19-,20-,21-,22+/m1/s1. The van der Waals surface area contributed by atoms with E-state index in [1.165, 1.54) is 50.5 Å². The minimum atomic E-state index is -0.100. The summed E-state index contributed by atoms with van der Waals surface area (Å²) in [6.45, 7) is 4.77. The van der Waals surface area contributed by atoms with E-state index in [-0.39, 0.29) is 16.9 Å². The van der Waals surface area contributed by atoms with Crippen LogP contribution in [0.2, 0.25) is 0 Å². The Morgan fingerprint density at radius 2 is 1.96 bits per heavy atom. The van der Waals surface area contributed by atoms with Crippen LogP contribution >= 0.6 is 0 Å². The summed E-state index contributed by atoms with van der Waals surface area (Å²) in [4.78, 5) is 0. The Morgan fingerprint density at radius 1 is 1.12 bits per heavy atom. The van der Waals surface area contributed by atoms with E-state index in [0.717, 1.165) is 11.7 Å². The van der Waals surface area contributed by atoms with Crippen molar-refractivity contribution in [3.8, 4) is 5.75 Å². The molecule has 3 fully saturated rings. The Balaban J connectivity index is 1.59. The lowest BCUT2D eigenvalue weighted by molar-refractivity contribution is -0.128. The van der Waals surface area contributed by atoms with Crippen LogP contribution in [0.1, 0.15) is 69.4 Å². The number of aliphatic hydroxyl groups is 1. The molecule has 0 heterocycles. The van der Waals surface area contributed by atoms with Gasteiger partial charge in [-0.2, -0.15) is 0 Å². The van der Waals surface area contributed by atoms with Crippen LogP contribution in [0.5, 0.6) is 5.75 Å². The summed E-state index contributed by atoms with van der Waals surface area (Å²) in [5.41, 5.74) is 3.78. The summed E-state index contributed by atoms with van der Waals surface area (Å²) in [6, 6.07) is 6.75. The highest BCUT2D eigenvalue weighted by Gasteiger charge is 2.73. The van der Waals surface area contributed by atoms with Gasteiger partial charge in [0.1, 0.15) is 5.75 Å². The lowest BCUT2D eigenvalue weighted by atomic mass is 9.46. The maximum Gasteiger partial charge on any atom is 0.119 e. The number of hydrogen-bond acceptors (Lipinski definition) is 2. The van der Waals surface area contributed by atoms with Gasteiger partial charge in [-0.25, -0.2) is 0 Å². The molecule has 0 saturated heterocycles. The summed E-state index contributed by atoms with van der Waals surface area (Å²) < 4.78 is 5.44. The van der Waals surface area contributed by atoms with Crippen molar-refractivity contribution >= 4 is 0 Å². The SMILES string of the molecule is COc1ccc2c(c1)CC[C@@H]1[C@@H]2CC[C@]2(C)[C@H](O)[C@]3(C)CC[C@]12C3. The fourth-order valence-electron chi connectivity index (χ4n) is 7.78. The molecular weight excluding hydrogens is 296 g/mol. The van der Waals surface area contributed by atoms with Crippen LogP contribution in [-0.2, 0) is 6.42 Å². The van der Waals surface area contributed by atoms with Crippen LogP contribution in [0, 0.1) is 22.2 Å². The van der Waals surface area contributed by atoms with Crippen molar-refractivity contribution in [2.75, 3.05) is 7.11 Å². The van der Waals surface area contributed by atoms with Gasteiger partial charge in [0.25, 0.3) is 0 Å². The zero-order valence-electron chi connectivity index (χ0n) is 15.3. The molecule has 2 heteroatoms. The van der Waals surface area contributed by atoms with Gasteiger partial charge in [-0.05, 0) is 96.3 Å². The van der Waals surface area contributed by atoms with E-state index >= 15 is 0 Å². The van der Waals surface area contributed by atoms with Crippen molar-refractivity contribution in [1.29, 1.82) is 0 Å². The Bertz CT molecular complexity index is 697. The normalized spacial score (nSPS) is 48.6. The molecule has 1 aromatic carbocycles. The Labute approximate surface area is 145 Å². The van der Waals surface area contributed by atoms with Crippen molar-refractivity contribution in [1.82, 2.24) is 0 Å². The second kappa shape index (κ2) is 4.58. The number of ether oxygens (including phenoxy) is 1. The third-order valence-corrected chi connectivity index (χ3v) is 8.91. The van der Waals surface area contributed by atoms with Crippen molar-refractivity contribution in [3.05, 3.63) is 29.3 Å². The first-order valence-corrected chi connectivity index (χ1v) is 9.78. The van der Waals surface area contributed by atoms with E-state index in [9.17, 15) is 5.11 Å². The molecule has 4 aliphatic rings. The first kappa shape index (κ1) is 15.3. The van der Waals surface area contributed by atoms with Gasteiger partial charge in [-0.3, -0.25) is 0 Å². The van der Waals surface area contributed by atoms with Gasteiger partial charge in [0, 0.05) is 0 Å². The lowest BCUT2D eigenvalue weighted by Crippen LogP contribution is -2.54. The summed E-state index contributed by atoms with van der Waals surface area (Å²) in [6.07, 6.45) is 8.63. The molecule has 4 aliphatic carbocycles. The van der Waals surface area contributed by atoms with E-state index in [2.05, 4.69) is 32.0 Å². The van der Waals surface area contributed by atoms with Gasteiger partial charge in [0.2, 0.25) is 0 Å². The molecule has 2 bridgehead atoms. The largest absolute Gasteiger partial charge is 0.497 e. The molecule has 1 N–H and O–H groups in total. The average molecular weight is 326 g/mol.